The minimum atomic E-state index is -3.19. The van der Waals surface area contributed by atoms with Crippen LogP contribution < -0.4 is 9.62 Å². The first-order valence-electron chi connectivity index (χ1n) is 6.96. The second kappa shape index (κ2) is 6.78. The number of hydrogen-bond acceptors (Lipinski definition) is 4. The third-order valence-electron chi connectivity index (χ3n) is 3.38. The Labute approximate surface area is 129 Å². The molecule has 0 aromatic heterocycles. The predicted molar refractivity (Wildman–Crippen MR) is 80.9 cm³/mol. The molecular weight excluding hydrogens is 308 g/mol. The summed E-state index contributed by atoms with van der Waals surface area (Å²) in [6, 6.07) is 6.92. The Morgan fingerprint density at radius 1 is 1.18 bits per heavy atom. The van der Waals surface area contributed by atoms with Crippen molar-refractivity contribution in [2.45, 2.75) is 25.8 Å². The SMILES string of the molecule is O=C(O)CCC(=O)NCc1ccc(N2CCCS2(=O)=O)cc1. The molecule has 0 bridgehead atoms. The molecule has 8 heteroatoms. The Hall–Kier alpha value is -2.09. The highest BCUT2D eigenvalue weighted by molar-refractivity contribution is 7.93. The van der Waals surface area contributed by atoms with Crippen LogP contribution in [0.3, 0.4) is 0 Å². The first-order chi connectivity index (χ1) is 10.4. The standard InChI is InChI=1S/C14H18N2O5S/c17-13(6-7-14(18)19)15-10-11-2-4-12(5-3-11)16-8-1-9-22(16,20)21/h2-5H,1,6-10H2,(H,15,17)(H,18,19). The van der Waals surface area contributed by atoms with Crippen molar-refractivity contribution in [3.63, 3.8) is 0 Å². The summed E-state index contributed by atoms with van der Waals surface area (Å²) >= 11 is 0. The number of nitrogens with zero attached hydrogens (tertiary/aromatic N) is 1. The summed E-state index contributed by atoms with van der Waals surface area (Å²) in [5, 5.41) is 11.1. The van der Waals surface area contributed by atoms with Gasteiger partial charge in [0.15, 0.2) is 0 Å². The monoisotopic (exact) mass is 326 g/mol. The molecule has 0 unspecified atom stereocenters. The van der Waals surface area contributed by atoms with E-state index in [1.165, 1.54) is 4.31 Å². The lowest BCUT2D eigenvalue weighted by Gasteiger charge is -2.17. The van der Waals surface area contributed by atoms with E-state index in [1.807, 2.05) is 0 Å². The zero-order valence-corrected chi connectivity index (χ0v) is 12.8. The first-order valence-corrected chi connectivity index (χ1v) is 8.57. The number of amides is 1. The van der Waals surface area contributed by atoms with Crippen LogP contribution in [-0.2, 0) is 26.2 Å². The average molecular weight is 326 g/mol. The van der Waals surface area contributed by atoms with Crippen LogP contribution in [0.5, 0.6) is 0 Å². The largest absolute Gasteiger partial charge is 0.481 e. The maximum Gasteiger partial charge on any atom is 0.303 e. The summed E-state index contributed by atoms with van der Waals surface area (Å²) in [6.45, 7) is 0.777. The zero-order chi connectivity index (χ0) is 16.2. The highest BCUT2D eigenvalue weighted by Gasteiger charge is 2.28. The van der Waals surface area contributed by atoms with Crippen molar-refractivity contribution < 1.29 is 23.1 Å². The van der Waals surface area contributed by atoms with Crippen molar-refractivity contribution in [3.05, 3.63) is 29.8 Å². The molecule has 0 spiro atoms. The van der Waals surface area contributed by atoms with Gasteiger partial charge in [0, 0.05) is 19.5 Å². The summed E-state index contributed by atoms with van der Waals surface area (Å²) in [6.07, 6.45) is 0.376. The number of sulfonamides is 1. The van der Waals surface area contributed by atoms with Gasteiger partial charge in [-0.15, -0.1) is 0 Å². The predicted octanol–water partition coefficient (Wildman–Crippen LogP) is 0.707. The number of carboxylic acid groups (broad SMARTS) is 1. The van der Waals surface area contributed by atoms with E-state index in [1.54, 1.807) is 24.3 Å². The van der Waals surface area contributed by atoms with Crippen LogP contribution in [0.15, 0.2) is 24.3 Å². The summed E-state index contributed by atoms with van der Waals surface area (Å²) in [7, 11) is -3.19. The second-order valence-corrected chi connectivity index (χ2v) is 7.09. The molecular formula is C14H18N2O5S. The number of carbonyl (C=O) groups excluding carboxylic acids is 1. The highest BCUT2D eigenvalue weighted by atomic mass is 32.2. The zero-order valence-electron chi connectivity index (χ0n) is 12.0. The molecule has 1 fully saturated rings. The normalized spacial score (nSPS) is 16.5. The first kappa shape index (κ1) is 16.3. The van der Waals surface area contributed by atoms with Crippen molar-refractivity contribution >= 4 is 27.6 Å². The van der Waals surface area contributed by atoms with Crippen LogP contribution in [-0.4, -0.2) is 37.7 Å². The molecule has 2 N–H and O–H groups in total. The molecule has 1 aromatic carbocycles. The van der Waals surface area contributed by atoms with Crippen LogP contribution >= 0.6 is 0 Å². The van der Waals surface area contributed by atoms with Gasteiger partial charge in [-0.3, -0.25) is 13.9 Å². The molecule has 1 aromatic rings. The van der Waals surface area contributed by atoms with Gasteiger partial charge in [-0.1, -0.05) is 12.1 Å². The van der Waals surface area contributed by atoms with Crippen LogP contribution in [0, 0.1) is 0 Å². The Morgan fingerprint density at radius 2 is 1.86 bits per heavy atom. The second-order valence-electron chi connectivity index (χ2n) is 5.08. The van der Waals surface area contributed by atoms with Gasteiger partial charge in [0.25, 0.3) is 0 Å². The number of rotatable bonds is 6. The van der Waals surface area contributed by atoms with Gasteiger partial charge in [0.1, 0.15) is 0 Å². The Morgan fingerprint density at radius 3 is 2.41 bits per heavy atom. The van der Waals surface area contributed by atoms with E-state index in [0.717, 1.165) is 5.56 Å². The minimum absolute atomic E-state index is 0.0561. The molecule has 7 nitrogen and oxygen atoms in total. The van der Waals surface area contributed by atoms with Gasteiger partial charge in [0.2, 0.25) is 15.9 Å². The number of benzene rings is 1. The Kier molecular flexibility index (Phi) is 5.02. The Balaban J connectivity index is 1.90. The van der Waals surface area contributed by atoms with Gasteiger partial charge < -0.3 is 10.4 Å². The van der Waals surface area contributed by atoms with Crippen molar-refractivity contribution in [1.29, 1.82) is 0 Å². The summed E-state index contributed by atoms with van der Waals surface area (Å²) < 4.78 is 25.0. The highest BCUT2D eigenvalue weighted by Crippen LogP contribution is 2.24. The van der Waals surface area contributed by atoms with Crippen LogP contribution in [0.25, 0.3) is 0 Å². The van der Waals surface area contributed by atoms with E-state index in [9.17, 15) is 18.0 Å². The third kappa shape index (κ3) is 4.20. The molecule has 0 radical (unpaired) electrons. The number of nitrogens with one attached hydrogen (secondary N) is 1. The summed E-state index contributed by atoms with van der Waals surface area (Å²) in [5.74, 6) is -1.16. The molecule has 1 heterocycles. The van der Waals surface area contributed by atoms with Crippen molar-refractivity contribution in [2.75, 3.05) is 16.6 Å². The molecule has 0 aliphatic carbocycles. The van der Waals surface area contributed by atoms with E-state index in [-0.39, 0.29) is 31.0 Å². The molecule has 0 atom stereocenters. The lowest BCUT2D eigenvalue weighted by Crippen LogP contribution is -2.25. The van der Waals surface area contributed by atoms with Crippen molar-refractivity contribution in [3.8, 4) is 0 Å². The van der Waals surface area contributed by atoms with Crippen LogP contribution in [0.1, 0.15) is 24.8 Å². The molecule has 2 rings (SSSR count). The van der Waals surface area contributed by atoms with E-state index in [0.29, 0.717) is 18.7 Å². The topological polar surface area (TPSA) is 104 Å². The summed E-state index contributed by atoms with van der Waals surface area (Å²) in [5.41, 5.74) is 1.45. The average Bonchev–Trinajstić information content (AvgIpc) is 2.83. The number of carbonyl (C=O) groups is 2. The van der Waals surface area contributed by atoms with Gasteiger partial charge in [-0.2, -0.15) is 0 Å². The molecule has 1 saturated heterocycles. The number of aliphatic carboxylic acids is 1. The fourth-order valence-electron chi connectivity index (χ4n) is 2.22. The lowest BCUT2D eigenvalue weighted by atomic mass is 10.2. The van der Waals surface area contributed by atoms with E-state index in [2.05, 4.69) is 5.32 Å². The molecule has 1 aliphatic rings. The molecule has 0 saturated carbocycles. The quantitative estimate of drug-likeness (QED) is 0.801. The molecule has 120 valence electrons. The lowest BCUT2D eigenvalue weighted by molar-refractivity contribution is -0.138. The summed E-state index contributed by atoms with van der Waals surface area (Å²) in [4.78, 5) is 21.8. The van der Waals surface area contributed by atoms with Gasteiger partial charge in [-0.25, -0.2) is 8.42 Å². The molecule has 22 heavy (non-hydrogen) atoms. The maximum atomic E-state index is 11.8. The maximum absolute atomic E-state index is 11.8. The number of anilines is 1. The fraction of sp³-hybridized carbons (Fsp3) is 0.429. The number of hydrogen-bond donors (Lipinski definition) is 2. The number of carboxylic acids is 1. The third-order valence-corrected chi connectivity index (χ3v) is 5.25. The van der Waals surface area contributed by atoms with Crippen LogP contribution in [0.4, 0.5) is 5.69 Å². The van der Waals surface area contributed by atoms with Crippen molar-refractivity contribution in [1.82, 2.24) is 5.32 Å². The van der Waals surface area contributed by atoms with E-state index >= 15 is 0 Å². The van der Waals surface area contributed by atoms with E-state index < -0.39 is 16.0 Å². The van der Waals surface area contributed by atoms with Crippen molar-refractivity contribution in [2.24, 2.45) is 0 Å². The van der Waals surface area contributed by atoms with E-state index in [4.69, 9.17) is 5.11 Å². The Bertz CT molecular complexity index is 654. The minimum Gasteiger partial charge on any atom is -0.481 e. The fourth-order valence-corrected chi connectivity index (χ4v) is 3.78. The smallest absolute Gasteiger partial charge is 0.303 e. The van der Waals surface area contributed by atoms with Gasteiger partial charge in [0.05, 0.1) is 17.9 Å². The molecule has 1 aliphatic heterocycles. The molecule has 1 amide bonds. The van der Waals surface area contributed by atoms with Gasteiger partial charge in [-0.05, 0) is 24.1 Å². The van der Waals surface area contributed by atoms with Gasteiger partial charge >= 0.3 is 5.97 Å². The van der Waals surface area contributed by atoms with Crippen LogP contribution in [0.2, 0.25) is 0 Å².